The van der Waals surface area contributed by atoms with Crippen LogP contribution in [0.15, 0.2) is 70.8 Å². The second-order valence-corrected chi connectivity index (χ2v) is 13.2. The lowest BCUT2D eigenvalue weighted by molar-refractivity contribution is -0.117. The number of nitrogens with one attached hydrogen (secondary N) is 7. The molecule has 338 valence electrons. The van der Waals surface area contributed by atoms with Gasteiger partial charge < -0.3 is 59.8 Å². The summed E-state index contributed by atoms with van der Waals surface area (Å²) < 4.78 is 26.8. The molecule has 9 rings (SSSR count). The van der Waals surface area contributed by atoms with Crippen LogP contribution in [0.2, 0.25) is 0 Å². The predicted molar refractivity (Wildman–Crippen MR) is 231 cm³/mol. The lowest BCUT2D eigenvalue weighted by Gasteiger charge is -2.30. The molecule has 4 amide bonds. The van der Waals surface area contributed by atoms with E-state index in [-0.39, 0.29) is 82.4 Å². The van der Waals surface area contributed by atoms with Gasteiger partial charge in [-0.25, -0.2) is 29.9 Å². The normalized spacial score (nSPS) is 12.3. The highest BCUT2D eigenvalue weighted by atomic mass is 16.5. The summed E-state index contributed by atoms with van der Waals surface area (Å²) in [6.07, 6.45) is 9.00. The number of ether oxygens (including phenoxy) is 3. The molecule has 0 saturated heterocycles. The van der Waals surface area contributed by atoms with Gasteiger partial charge in [0.15, 0.2) is 46.2 Å². The highest BCUT2D eigenvalue weighted by Gasteiger charge is 2.32. The minimum absolute atomic E-state index is 0. The van der Waals surface area contributed by atoms with E-state index in [2.05, 4.69) is 76.8 Å². The summed E-state index contributed by atoms with van der Waals surface area (Å²) in [6.45, 7) is 0.257. The second-order valence-electron chi connectivity index (χ2n) is 13.2. The quantitative estimate of drug-likeness (QED) is 0.0874. The molecule has 0 saturated carbocycles. The summed E-state index contributed by atoms with van der Waals surface area (Å²) in [4.78, 5) is 81.6. The first kappa shape index (κ1) is 45.6. The van der Waals surface area contributed by atoms with E-state index >= 15 is 0 Å². The Bertz CT molecular complexity index is 2750. The molecule has 65 heavy (non-hydrogen) atoms. The van der Waals surface area contributed by atoms with Crippen LogP contribution in [-0.2, 0) is 29.2 Å². The number of carbonyl (C=O) groups is 4. The largest absolute Gasteiger partial charge is 0.496 e. The van der Waals surface area contributed by atoms with Crippen molar-refractivity contribution < 1.29 is 42.4 Å². The molecule has 0 atom stereocenters. The third-order valence-electron chi connectivity index (χ3n) is 9.34. The summed E-state index contributed by atoms with van der Waals surface area (Å²) >= 11 is 0. The number of anilines is 4. The van der Waals surface area contributed by atoms with E-state index in [0.29, 0.717) is 68.7 Å². The Hall–Kier alpha value is -8.90. The van der Waals surface area contributed by atoms with Gasteiger partial charge in [0.2, 0.25) is 11.8 Å². The Morgan fingerprint density at radius 2 is 1.26 bits per heavy atom. The fourth-order valence-electron chi connectivity index (χ4n) is 6.34. The summed E-state index contributed by atoms with van der Waals surface area (Å²) in [5, 5.41) is 21.7. The minimum atomic E-state index is -0.485. The third kappa shape index (κ3) is 9.93. The fraction of sp³-hybridized carbons (Fsp3) is 0.250. The summed E-state index contributed by atoms with van der Waals surface area (Å²) in [5.41, 5.74) is 2.58. The van der Waals surface area contributed by atoms with Crippen molar-refractivity contribution in [2.75, 3.05) is 55.3 Å². The minimum Gasteiger partial charge on any atom is -0.496 e. The fourth-order valence-corrected chi connectivity index (χ4v) is 6.34. The number of rotatable bonds is 13. The van der Waals surface area contributed by atoms with Gasteiger partial charge in [-0.05, 0) is 0 Å². The van der Waals surface area contributed by atoms with Crippen LogP contribution < -0.4 is 45.7 Å². The number of hydrogen-bond donors (Lipinski definition) is 7. The van der Waals surface area contributed by atoms with Crippen molar-refractivity contribution in [3.8, 4) is 40.3 Å². The molecule has 1 aromatic carbocycles. The van der Waals surface area contributed by atoms with Crippen molar-refractivity contribution in [1.82, 2.24) is 60.8 Å². The van der Waals surface area contributed by atoms with Gasteiger partial charge in [0.05, 0.1) is 59.6 Å². The molecular formula is C40H44N16O9. The molecule has 8 heterocycles. The van der Waals surface area contributed by atoms with Gasteiger partial charge in [0.25, 0.3) is 11.8 Å². The Morgan fingerprint density at radius 1 is 0.708 bits per heavy atom. The number of imidazole rings is 2. The lowest BCUT2D eigenvalue weighted by Crippen LogP contribution is -2.41. The van der Waals surface area contributed by atoms with Crippen LogP contribution in [0.25, 0.3) is 23.0 Å². The van der Waals surface area contributed by atoms with Crippen molar-refractivity contribution in [1.29, 1.82) is 0 Å². The molecule has 25 heteroatoms. The number of H-pyrrole nitrogens is 2. The summed E-state index contributed by atoms with van der Waals surface area (Å²) in [7, 11) is 4.57. The molecule has 0 fully saturated rings. The molecule has 0 aliphatic carbocycles. The first-order chi connectivity index (χ1) is 30.7. The smallest absolute Gasteiger partial charge is 0.272 e. The molecule has 2 aliphatic heterocycles. The van der Waals surface area contributed by atoms with Crippen LogP contribution in [0, 0.1) is 0 Å². The van der Waals surface area contributed by atoms with E-state index in [1.807, 2.05) is 0 Å². The van der Waals surface area contributed by atoms with E-state index < -0.39 is 11.8 Å². The number of hydrogen-bond acceptors (Lipinski definition) is 19. The molecule has 7 N–H and O–H groups in total. The molecular weight excluding hydrogens is 849 g/mol. The van der Waals surface area contributed by atoms with Crippen molar-refractivity contribution >= 4 is 46.6 Å². The van der Waals surface area contributed by atoms with Crippen molar-refractivity contribution in [2.45, 2.75) is 34.5 Å². The molecule has 0 bridgehead atoms. The topological polar surface area (TPSA) is 320 Å². The number of carbonyl (C=O) groups excluding carboxylic acids is 4. The zero-order chi connectivity index (χ0) is 43.9. The maximum absolute atomic E-state index is 13.1. The first-order valence-corrected chi connectivity index (χ1v) is 18.8. The van der Waals surface area contributed by atoms with Gasteiger partial charge in [0, 0.05) is 49.1 Å². The standard InChI is InChI=1S/C24H24N8O6.C14H12N8O3.2CH4/c1-35-13-7-17(36-2)15(18(8-13)37-3)11-32-19(33)10-27-20-21(29-12-30-23(20)32)24(34)28-9-14-6-16(31-38-14)22-25-4-5-26-22;23-9-5-17-10-11(19-6-20-13(10)21-9)14(24)18-4-7-3-8(22-25-7)12-15-1-2-16-12;;/h4-8,12,27H,9-11H2,1-3H3,(H,25,26)(H,28,34);1-3,6,17H,4-5H2,(H,15,16)(H,18,24)(H,19,20,21,23);2*1H4. The van der Waals surface area contributed by atoms with E-state index in [9.17, 15) is 19.2 Å². The first-order valence-electron chi connectivity index (χ1n) is 18.8. The molecule has 6 aromatic heterocycles. The highest BCUT2D eigenvalue weighted by molar-refractivity contribution is 6.08. The van der Waals surface area contributed by atoms with Gasteiger partial charge >= 0.3 is 0 Å². The van der Waals surface area contributed by atoms with Gasteiger partial charge in [-0.1, -0.05) is 25.2 Å². The third-order valence-corrected chi connectivity index (χ3v) is 9.34. The molecule has 0 radical (unpaired) electrons. The van der Waals surface area contributed by atoms with Crippen LogP contribution >= 0.6 is 0 Å². The van der Waals surface area contributed by atoms with Gasteiger partial charge in [0.1, 0.15) is 52.7 Å². The average molecular weight is 893 g/mol. The van der Waals surface area contributed by atoms with Crippen LogP contribution in [0.4, 0.5) is 23.0 Å². The molecule has 0 unspecified atom stereocenters. The zero-order valence-corrected chi connectivity index (χ0v) is 33.5. The SMILES string of the molecule is C.C.COc1cc(OC)c(CN2C(=O)CNc3c(C(=O)NCc4cc(-c5ncc[nH]5)no4)ncnc32)c(OC)c1.O=C1CNc2c(ncnc2C(=O)NCc2cc(-c3ncc[nH]3)no2)N1. The average Bonchev–Trinajstić information content (AvgIpc) is 4.17. The number of amides is 4. The monoisotopic (exact) mass is 892 g/mol. The number of benzene rings is 1. The zero-order valence-electron chi connectivity index (χ0n) is 33.5. The van der Waals surface area contributed by atoms with E-state index in [4.69, 9.17) is 23.3 Å². The summed E-state index contributed by atoms with van der Waals surface area (Å²) in [5.74, 6) is 2.63. The molecule has 7 aromatic rings. The Kier molecular flexibility index (Phi) is 14.3. The van der Waals surface area contributed by atoms with Crippen molar-refractivity contribution in [3.05, 3.63) is 90.2 Å². The number of fused-ring (bicyclic) bond motifs is 2. The maximum atomic E-state index is 13.1. The summed E-state index contributed by atoms with van der Waals surface area (Å²) in [6, 6.07) is 6.74. The van der Waals surface area contributed by atoms with E-state index in [1.165, 1.54) is 38.9 Å². The van der Waals surface area contributed by atoms with Crippen molar-refractivity contribution in [2.24, 2.45) is 0 Å². The number of aromatic nitrogens is 10. The lowest BCUT2D eigenvalue weighted by atomic mass is 10.1. The Morgan fingerprint density at radius 3 is 1.80 bits per heavy atom. The Balaban J connectivity index is 0.000000226. The van der Waals surface area contributed by atoms with E-state index in [1.54, 1.807) is 49.1 Å². The van der Waals surface area contributed by atoms with Gasteiger partial charge in [-0.15, -0.1) is 0 Å². The molecule has 25 nitrogen and oxygen atoms in total. The number of nitrogens with zero attached hydrogens (tertiary/aromatic N) is 9. The van der Waals surface area contributed by atoms with Crippen LogP contribution in [0.5, 0.6) is 17.2 Å². The highest BCUT2D eigenvalue weighted by Crippen LogP contribution is 2.38. The number of methoxy groups -OCH3 is 3. The predicted octanol–water partition coefficient (Wildman–Crippen LogP) is 3.19. The van der Waals surface area contributed by atoms with Gasteiger partial charge in [-0.3, -0.25) is 24.1 Å². The molecule has 2 aliphatic rings. The maximum Gasteiger partial charge on any atom is 0.272 e. The Labute approximate surface area is 369 Å². The van der Waals surface area contributed by atoms with Crippen LogP contribution in [0.1, 0.15) is 52.9 Å². The number of aromatic amines is 2. The van der Waals surface area contributed by atoms with Crippen LogP contribution in [-0.4, -0.2) is 108 Å². The van der Waals surface area contributed by atoms with Gasteiger partial charge in [-0.2, -0.15) is 0 Å². The van der Waals surface area contributed by atoms with E-state index in [0.717, 1.165) is 0 Å². The van der Waals surface area contributed by atoms with Crippen molar-refractivity contribution in [3.63, 3.8) is 0 Å². The second kappa shape index (κ2) is 20.3. The van der Waals surface area contributed by atoms with Crippen LogP contribution in [0.3, 0.4) is 0 Å². The molecule has 0 spiro atoms.